The molecule has 5 rings (SSSR count). The van der Waals surface area contributed by atoms with Gasteiger partial charge in [-0.1, -0.05) is 77.8 Å². The summed E-state index contributed by atoms with van der Waals surface area (Å²) < 4.78 is 1.79. The monoisotopic (exact) mass is 490 g/mol. The molecule has 1 fully saturated rings. The number of rotatable bonds is 5. The maximum Gasteiger partial charge on any atom is 0.257 e. The highest BCUT2D eigenvalue weighted by atomic mass is 35.5. The normalized spacial score (nSPS) is 14.4. The zero-order valence-electron chi connectivity index (χ0n) is 18.6. The van der Waals surface area contributed by atoms with Crippen LogP contribution in [0.5, 0.6) is 0 Å². The Bertz CT molecular complexity index is 1280. The standard InChI is InChI=1S/C27H24Cl2N4O/c28-22-12-11-21(25(29)17-22)18-31-13-15-32(16-14-31)27(34)24-19-33(23-9-5-2-6-10-23)30-26(24)20-7-3-1-4-8-20/h1-12,17,19H,13-16,18H2. The highest BCUT2D eigenvalue weighted by Crippen LogP contribution is 2.26. The molecule has 0 bridgehead atoms. The average molecular weight is 491 g/mol. The van der Waals surface area contributed by atoms with Crippen molar-refractivity contribution in [2.24, 2.45) is 0 Å². The van der Waals surface area contributed by atoms with Crippen LogP contribution in [-0.4, -0.2) is 51.7 Å². The van der Waals surface area contributed by atoms with E-state index in [2.05, 4.69) is 4.90 Å². The van der Waals surface area contributed by atoms with Crippen molar-refractivity contribution in [1.82, 2.24) is 19.6 Å². The Morgan fingerprint density at radius 3 is 2.21 bits per heavy atom. The van der Waals surface area contributed by atoms with Crippen LogP contribution in [0.1, 0.15) is 15.9 Å². The van der Waals surface area contributed by atoms with Crippen molar-refractivity contribution in [2.45, 2.75) is 6.54 Å². The van der Waals surface area contributed by atoms with Gasteiger partial charge in [-0.05, 0) is 29.8 Å². The fraction of sp³-hybridized carbons (Fsp3) is 0.185. The lowest BCUT2D eigenvalue weighted by molar-refractivity contribution is 0.0629. The summed E-state index contributed by atoms with van der Waals surface area (Å²) in [5.41, 5.74) is 4.20. The number of halogens is 2. The van der Waals surface area contributed by atoms with Crippen molar-refractivity contribution in [2.75, 3.05) is 26.2 Å². The molecule has 4 aromatic rings. The van der Waals surface area contributed by atoms with Crippen LogP contribution in [0.3, 0.4) is 0 Å². The van der Waals surface area contributed by atoms with Gasteiger partial charge in [0.05, 0.1) is 11.3 Å². The number of piperazine rings is 1. The van der Waals surface area contributed by atoms with E-state index in [4.69, 9.17) is 28.3 Å². The minimum Gasteiger partial charge on any atom is -0.336 e. The molecule has 1 aliphatic heterocycles. The molecular weight excluding hydrogens is 467 g/mol. The second-order valence-electron chi connectivity index (χ2n) is 8.34. The van der Waals surface area contributed by atoms with Crippen molar-refractivity contribution in [3.05, 3.63) is 106 Å². The number of nitrogens with zero attached hydrogens (tertiary/aromatic N) is 4. The summed E-state index contributed by atoms with van der Waals surface area (Å²) in [6.07, 6.45) is 1.85. The third-order valence-corrected chi connectivity index (χ3v) is 6.67. The third kappa shape index (κ3) is 4.87. The molecule has 34 heavy (non-hydrogen) atoms. The molecule has 1 saturated heterocycles. The van der Waals surface area contributed by atoms with Crippen molar-refractivity contribution in [3.63, 3.8) is 0 Å². The van der Waals surface area contributed by atoms with Crippen LogP contribution < -0.4 is 0 Å². The molecule has 2 heterocycles. The van der Waals surface area contributed by atoms with Gasteiger partial charge in [0.15, 0.2) is 0 Å². The molecule has 0 atom stereocenters. The Hall–Kier alpha value is -3.12. The lowest BCUT2D eigenvalue weighted by Gasteiger charge is -2.34. The molecule has 0 unspecified atom stereocenters. The smallest absolute Gasteiger partial charge is 0.257 e. The number of aromatic nitrogens is 2. The van der Waals surface area contributed by atoms with Crippen molar-refractivity contribution >= 4 is 29.1 Å². The maximum absolute atomic E-state index is 13.6. The average Bonchev–Trinajstić information content (AvgIpc) is 3.32. The molecule has 7 heteroatoms. The van der Waals surface area contributed by atoms with Gasteiger partial charge in [0, 0.05) is 54.5 Å². The Morgan fingerprint density at radius 1 is 0.853 bits per heavy atom. The first kappa shape index (κ1) is 22.7. The molecule has 0 N–H and O–H groups in total. The van der Waals surface area contributed by atoms with Crippen molar-refractivity contribution < 1.29 is 4.79 Å². The molecule has 0 aliphatic carbocycles. The number of hydrogen-bond acceptors (Lipinski definition) is 3. The first-order chi connectivity index (χ1) is 16.6. The van der Waals surface area contributed by atoms with E-state index < -0.39 is 0 Å². The molecule has 0 spiro atoms. The summed E-state index contributed by atoms with van der Waals surface area (Å²) in [6.45, 7) is 3.58. The van der Waals surface area contributed by atoms with Gasteiger partial charge >= 0.3 is 0 Å². The van der Waals surface area contributed by atoms with Gasteiger partial charge in [0.2, 0.25) is 0 Å². The second-order valence-corrected chi connectivity index (χ2v) is 9.19. The molecular formula is C27H24Cl2N4O. The van der Waals surface area contributed by atoms with Gasteiger partial charge in [-0.3, -0.25) is 9.69 Å². The van der Waals surface area contributed by atoms with E-state index in [0.29, 0.717) is 34.4 Å². The Balaban J connectivity index is 1.35. The van der Waals surface area contributed by atoms with Gasteiger partial charge in [-0.25, -0.2) is 4.68 Å². The molecule has 0 saturated carbocycles. The predicted molar refractivity (Wildman–Crippen MR) is 137 cm³/mol. The van der Waals surface area contributed by atoms with E-state index in [0.717, 1.165) is 36.4 Å². The van der Waals surface area contributed by atoms with Gasteiger partial charge < -0.3 is 4.90 Å². The van der Waals surface area contributed by atoms with Crippen LogP contribution in [0.15, 0.2) is 85.1 Å². The number of amides is 1. The fourth-order valence-corrected chi connectivity index (χ4v) is 4.69. The summed E-state index contributed by atoms with van der Waals surface area (Å²) in [7, 11) is 0. The topological polar surface area (TPSA) is 41.4 Å². The Kier molecular flexibility index (Phi) is 6.68. The molecule has 5 nitrogen and oxygen atoms in total. The first-order valence-electron chi connectivity index (χ1n) is 11.2. The minimum atomic E-state index is 0.00482. The van der Waals surface area contributed by atoms with Crippen molar-refractivity contribution in [1.29, 1.82) is 0 Å². The molecule has 1 amide bonds. The van der Waals surface area contributed by atoms with Gasteiger partial charge in [0.1, 0.15) is 5.69 Å². The molecule has 3 aromatic carbocycles. The van der Waals surface area contributed by atoms with E-state index in [1.54, 1.807) is 10.7 Å². The summed E-state index contributed by atoms with van der Waals surface area (Å²) in [5.74, 6) is 0.00482. The largest absolute Gasteiger partial charge is 0.336 e. The van der Waals surface area contributed by atoms with E-state index >= 15 is 0 Å². The predicted octanol–water partition coefficient (Wildman–Crippen LogP) is 5.80. The highest BCUT2D eigenvalue weighted by Gasteiger charge is 2.27. The number of benzene rings is 3. The zero-order chi connectivity index (χ0) is 23.5. The maximum atomic E-state index is 13.6. The quantitative estimate of drug-likeness (QED) is 0.354. The number of carbonyl (C=O) groups is 1. The summed E-state index contributed by atoms with van der Waals surface area (Å²) >= 11 is 12.4. The number of para-hydroxylation sites is 1. The first-order valence-corrected chi connectivity index (χ1v) is 12.0. The van der Waals surface area contributed by atoms with Crippen LogP contribution in [-0.2, 0) is 6.54 Å². The zero-order valence-corrected chi connectivity index (χ0v) is 20.1. The van der Waals surface area contributed by atoms with E-state index in [1.165, 1.54) is 0 Å². The summed E-state index contributed by atoms with van der Waals surface area (Å²) in [4.78, 5) is 17.8. The fourth-order valence-electron chi connectivity index (χ4n) is 4.22. The van der Waals surface area contributed by atoms with Gasteiger partial charge in [0.25, 0.3) is 5.91 Å². The molecule has 1 aliphatic rings. The third-order valence-electron chi connectivity index (χ3n) is 6.08. The Labute approximate surface area is 209 Å². The van der Waals surface area contributed by atoms with Crippen LogP contribution in [0, 0.1) is 0 Å². The van der Waals surface area contributed by atoms with Crippen LogP contribution in [0.4, 0.5) is 0 Å². The number of hydrogen-bond donors (Lipinski definition) is 0. The van der Waals surface area contributed by atoms with Crippen LogP contribution in [0.2, 0.25) is 10.0 Å². The van der Waals surface area contributed by atoms with Crippen LogP contribution in [0.25, 0.3) is 16.9 Å². The van der Waals surface area contributed by atoms with E-state index in [9.17, 15) is 4.79 Å². The minimum absolute atomic E-state index is 0.00482. The molecule has 0 radical (unpaired) electrons. The van der Waals surface area contributed by atoms with Gasteiger partial charge in [-0.2, -0.15) is 5.10 Å². The SMILES string of the molecule is O=C(c1cn(-c2ccccc2)nc1-c1ccccc1)N1CCN(Cc2ccc(Cl)cc2Cl)CC1. The molecule has 172 valence electrons. The van der Waals surface area contributed by atoms with Crippen LogP contribution >= 0.6 is 23.2 Å². The lowest BCUT2D eigenvalue weighted by atomic mass is 10.1. The second kappa shape index (κ2) is 10.0. The highest BCUT2D eigenvalue weighted by molar-refractivity contribution is 6.35. The van der Waals surface area contributed by atoms with Crippen molar-refractivity contribution in [3.8, 4) is 16.9 Å². The summed E-state index contributed by atoms with van der Waals surface area (Å²) in [6, 6.07) is 25.3. The molecule has 1 aromatic heterocycles. The van der Waals surface area contributed by atoms with E-state index in [-0.39, 0.29) is 5.91 Å². The van der Waals surface area contributed by atoms with E-state index in [1.807, 2.05) is 83.9 Å². The Morgan fingerprint density at radius 2 is 1.53 bits per heavy atom. The van der Waals surface area contributed by atoms with Gasteiger partial charge in [-0.15, -0.1) is 0 Å². The summed E-state index contributed by atoms with van der Waals surface area (Å²) in [5, 5.41) is 6.09. The lowest BCUT2D eigenvalue weighted by Crippen LogP contribution is -2.48. The number of carbonyl (C=O) groups excluding carboxylic acids is 1.